The van der Waals surface area contributed by atoms with E-state index in [9.17, 15) is 0 Å². The Balaban J connectivity index is 2.01. The molecular weight excluding hydrogens is 224 g/mol. The molecule has 2 N–H and O–H groups in total. The summed E-state index contributed by atoms with van der Waals surface area (Å²) in [7, 11) is 2.30. The van der Waals surface area contributed by atoms with Crippen LogP contribution >= 0.6 is 0 Å². The van der Waals surface area contributed by atoms with Gasteiger partial charge in [-0.3, -0.25) is 4.90 Å². The summed E-state index contributed by atoms with van der Waals surface area (Å²) in [5.41, 5.74) is 6.34. The molecule has 2 fully saturated rings. The highest BCUT2D eigenvalue weighted by atomic mass is 16.5. The highest BCUT2D eigenvalue weighted by Crippen LogP contribution is 2.34. The van der Waals surface area contributed by atoms with E-state index in [0.717, 1.165) is 44.6 Å². The topological polar surface area (TPSA) is 38.5 Å². The molecule has 2 rings (SSSR count). The van der Waals surface area contributed by atoms with E-state index in [1.807, 2.05) is 0 Å². The molecule has 3 nitrogen and oxygen atoms in total. The number of nitrogens with zero attached hydrogens (tertiary/aromatic N) is 1. The predicted molar refractivity (Wildman–Crippen MR) is 75.6 cm³/mol. The maximum Gasteiger partial charge on any atom is 0.0484 e. The van der Waals surface area contributed by atoms with Gasteiger partial charge < -0.3 is 10.5 Å². The molecule has 0 aromatic heterocycles. The lowest BCUT2D eigenvalue weighted by Crippen LogP contribution is -2.56. The third-order valence-electron chi connectivity index (χ3n) is 5.30. The van der Waals surface area contributed by atoms with E-state index in [1.54, 1.807) is 0 Å². The van der Waals surface area contributed by atoms with Crippen LogP contribution in [-0.4, -0.2) is 43.3 Å². The second kappa shape index (κ2) is 6.36. The molecule has 1 atom stereocenters. The van der Waals surface area contributed by atoms with Crippen LogP contribution in [-0.2, 0) is 4.74 Å². The smallest absolute Gasteiger partial charge is 0.0484 e. The molecule has 1 unspecified atom stereocenters. The Bertz CT molecular complexity index is 241. The van der Waals surface area contributed by atoms with E-state index >= 15 is 0 Å². The van der Waals surface area contributed by atoms with Gasteiger partial charge in [-0.05, 0) is 57.9 Å². The maximum atomic E-state index is 6.15. The second-order valence-electron chi connectivity index (χ2n) is 6.42. The fourth-order valence-electron chi connectivity index (χ4n) is 3.71. The zero-order valence-corrected chi connectivity index (χ0v) is 12.2. The highest BCUT2D eigenvalue weighted by molar-refractivity contribution is 4.95. The molecular formula is C15H30N2O. The van der Waals surface area contributed by atoms with Crippen molar-refractivity contribution in [1.29, 1.82) is 0 Å². The van der Waals surface area contributed by atoms with Crippen LogP contribution in [0.3, 0.4) is 0 Å². The zero-order chi connectivity index (χ0) is 13.0. The number of nitrogens with two attached hydrogens (primary N) is 1. The van der Waals surface area contributed by atoms with Crippen LogP contribution in [0.2, 0.25) is 0 Å². The lowest BCUT2D eigenvalue weighted by molar-refractivity contribution is 0.0334. The van der Waals surface area contributed by atoms with Gasteiger partial charge in [-0.2, -0.15) is 0 Å². The Kier molecular flexibility index (Phi) is 5.05. The Morgan fingerprint density at radius 1 is 1.17 bits per heavy atom. The molecule has 2 aliphatic rings. The molecule has 0 aromatic carbocycles. The summed E-state index contributed by atoms with van der Waals surface area (Å²) in [6, 6.07) is 0.739. The normalized spacial score (nSPS) is 38.7. The molecule has 1 saturated carbocycles. The molecule has 0 bridgehead atoms. The number of hydrogen-bond donors (Lipinski definition) is 1. The van der Waals surface area contributed by atoms with Crippen LogP contribution in [0.1, 0.15) is 51.9 Å². The summed E-state index contributed by atoms with van der Waals surface area (Å²) >= 11 is 0. The average Bonchev–Trinajstić information content (AvgIpc) is 2.65. The van der Waals surface area contributed by atoms with Gasteiger partial charge in [-0.15, -0.1) is 0 Å². The predicted octanol–water partition coefficient (Wildman–Crippen LogP) is 2.39. The minimum Gasteiger partial charge on any atom is -0.381 e. The summed E-state index contributed by atoms with van der Waals surface area (Å²) < 4.78 is 5.62. The number of ether oxygens (including phenoxy) is 1. The molecule has 0 radical (unpaired) electrons. The van der Waals surface area contributed by atoms with Gasteiger partial charge in [-0.25, -0.2) is 0 Å². The van der Waals surface area contributed by atoms with Crippen molar-refractivity contribution in [2.24, 2.45) is 11.7 Å². The molecule has 106 valence electrons. The van der Waals surface area contributed by atoms with Crippen LogP contribution in [0.4, 0.5) is 0 Å². The summed E-state index contributed by atoms with van der Waals surface area (Å²) in [4.78, 5) is 2.62. The highest BCUT2D eigenvalue weighted by Gasteiger charge is 2.38. The van der Waals surface area contributed by atoms with Crippen molar-refractivity contribution in [3.63, 3.8) is 0 Å². The first kappa shape index (κ1) is 14.3. The van der Waals surface area contributed by atoms with E-state index in [-0.39, 0.29) is 5.54 Å². The average molecular weight is 254 g/mol. The molecule has 1 aliphatic carbocycles. The van der Waals surface area contributed by atoms with Crippen molar-refractivity contribution in [3.05, 3.63) is 0 Å². The Labute approximate surface area is 112 Å². The summed E-state index contributed by atoms with van der Waals surface area (Å²) in [5.74, 6) is 0.918. The van der Waals surface area contributed by atoms with Gasteiger partial charge >= 0.3 is 0 Å². The largest absolute Gasteiger partial charge is 0.381 e. The van der Waals surface area contributed by atoms with E-state index in [0.29, 0.717) is 0 Å². The molecule has 0 aromatic rings. The third-order valence-corrected chi connectivity index (χ3v) is 5.30. The standard InChI is InChI=1S/C15H30N2O/c1-13-4-6-14(7-5-13)17(2)15(12-16)8-3-10-18-11-9-15/h13-14H,3-12,16H2,1-2H3. The Hall–Kier alpha value is -0.120. The number of rotatable bonds is 3. The third kappa shape index (κ3) is 3.06. The molecule has 0 amide bonds. The van der Waals surface area contributed by atoms with Crippen molar-refractivity contribution in [3.8, 4) is 0 Å². The van der Waals surface area contributed by atoms with Crippen molar-refractivity contribution in [2.75, 3.05) is 26.8 Å². The Morgan fingerprint density at radius 3 is 2.56 bits per heavy atom. The first-order valence-corrected chi connectivity index (χ1v) is 7.69. The van der Waals surface area contributed by atoms with E-state index in [4.69, 9.17) is 10.5 Å². The van der Waals surface area contributed by atoms with Crippen molar-refractivity contribution in [1.82, 2.24) is 4.90 Å². The molecule has 1 saturated heterocycles. The molecule has 3 heteroatoms. The van der Waals surface area contributed by atoms with Gasteiger partial charge in [0.2, 0.25) is 0 Å². The Morgan fingerprint density at radius 2 is 1.89 bits per heavy atom. The van der Waals surface area contributed by atoms with E-state index in [2.05, 4.69) is 18.9 Å². The minimum absolute atomic E-state index is 0.196. The lowest BCUT2D eigenvalue weighted by atomic mass is 9.82. The van der Waals surface area contributed by atoms with E-state index in [1.165, 1.54) is 32.1 Å². The minimum atomic E-state index is 0.196. The van der Waals surface area contributed by atoms with Gasteiger partial charge in [0.1, 0.15) is 0 Å². The van der Waals surface area contributed by atoms with Crippen LogP contribution in [0.5, 0.6) is 0 Å². The monoisotopic (exact) mass is 254 g/mol. The van der Waals surface area contributed by atoms with Crippen molar-refractivity contribution >= 4 is 0 Å². The van der Waals surface area contributed by atoms with Gasteiger partial charge in [0, 0.05) is 31.3 Å². The molecule has 1 heterocycles. The lowest BCUT2D eigenvalue weighted by Gasteiger charge is -2.47. The first-order valence-electron chi connectivity index (χ1n) is 7.69. The first-order chi connectivity index (χ1) is 8.68. The zero-order valence-electron chi connectivity index (χ0n) is 12.2. The summed E-state index contributed by atoms with van der Waals surface area (Å²) in [6.45, 7) is 4.95. The second-order valence-corrected chi connectivity index (χ2v) is 6.42. The van der Waals surface area contributed by atoms with Gasteiger partial charge in [0.05, 0.1) is 0 Å². The van der Waals surface area contributed by atoms with Gasteiger partial charge in [0.25, 0.3) is 0 Å². The van der Waals surface area contributed by atoms with Crippen molar-refractivity contribution < 1.29 is 4.74 Å². The summed E-state index contributed by atoms with van der Waals surface area (Å²) in [5, 5.41) is 0. The number of hydrogen-bond acceptors (Lipinski definition) is 3. The van der Waals surface area contributed by atoms with E-state index < -0.39 is 0 Å². The van der Waals surface area contributed by atoms with Gasteiger partial charge in [0.15, 0.2) is 0 Å². The fourth-order valence-corrected chi connectivity index (χ4v) is 3.71. The van der Waals surface area contributed by atoms with Crippen LogP contribution in [0.15, 0.2) is 0 Å². The SMILES string of the molecule is CC1CCC(N(C)C2(CN)CCCOCC2)CC1. The quantitative estimate of drug-likeness (QED) is 0.840. The van der Waals surface area contributed by atoms with Crippen LogP contribution < -0.4 is 5.73 Å². The summed E-state index contributed by atoms with van der Waals surface area (Å²) in [6.07, 6.45) is 8.92. The van der Waals surface area contributed by atoms with Crippen molar-refractivity contribution in [2.45, 2.75) is 63.5 Å². The molecule has 18 heavy (non-hydrogen) atoms. The maximum absolute atomic E-state index is 6.15. The molecule has 1 aliphatic heterocycles. The fraction of sp³-hybridized carbons (Fsp3) is 1.00. The molecule has 0 spiro atoms. The van der Waals surface area contributed by atoms with Crippen LogP contribution in [0, 0.1) is 5.92 Å². The number of likely N-dealkylation sites (N-methyl/N-ethyl adjacent to an activating group) is 1. The van der Waals surface area contributed by atoms with Crippen LogP contribution in [0.25, 0.3) is 0 Å². The van der Waals surface area contributed by atoms with Gasteiger partial charge in [-0.1, -0.05) is 6.92 Å².